The average Bonchev–Trinajstić information content (AvgIpc) is 2.84. The van der Waals surface area contributed by atoms with Gasteiger partial charge in [0.25, 0.3) is 0 Å². The molecule has 1 heterocycles. The average molecular weight is 255 g/mol. The minimum absolute atomic E-state index is 0.0114. The highest BCUT2D eigenvalue weighted by atomic mass is 16.7. The summed E-state index contributed by atoms with van der Waals surface area (Å²) in [6, 6.07) is 2.03. The molecule has 0 aliphatic heterocycles. The lowest BCUT2D eigenvalue weighted by Crippen LogP contribution is -2.37. The van der Waals surface area contributed by atoms with E-state index in [0.717, 1.165) is 18.8 Å². The third kappa shape index (κ3) is 3.80. The van der Waals surface area contributed by atoms with E-state index in [1.807, 2.05) is 30.8 Å². The minimum Gasteiger partial charge on any atom is -0.351 e. The number of hydrogen-bond donors (Lipinski definition) is 1. The van der Waals surface area contributed by atoms with Gasteiger partial charge < -0.3 is 14.8 Å². The zero-order valence-corrected chi connectivity index (χ0v) is 11.8. The molecule has 0 bridgehead atoms. The van der Waals surface area contributed by atoms with Crippen LogP contribution >= 0.6 is 0 Å². The predicted molar refractivity (Wildman–Crippen MR) is 71.4 cm³/mol. The van der Waals surface area contributed by atoms with Crippen molar-refractivity contribution in [2.45, 2.75) is 46.6 Å². The standard InChI is InChI=1S/C13H25N3O2/c1-5-14-12(13(17-7-3)18-8-4)11-9-10-15-16(11)6-2/h9-10,12-14H,5-8H2,1-4H3. The van der Waals surface area contributed by atoms with Gasteiger partial charge in [-0.2, -0.15) is 5.10 Å². The monoisotopic (exact) mass is 255 g/mol. The zero-order chi connectivity index (χ0) is 13.4. The van der Waals surface area contributed by atoms with Crippen molar-refractivity contribution < 1.29 is 9.47 Å². The van der Waals surface area contributed by atoms with E-state index >= 15 is 0 Å². The fourth-order valence-electron chi connectivity index (χ4n) is 2.00. The number of rotatable bonds is 9. The molecule has 1 atom stereocenters. The van der Waals surface area contributed by atoms with Crippen molar-refractivity contribution in [2.24, 2.45) is 0 Å². The van der Waals surface area contributed by atoms with E-state index < -0.39 is 0 Å². The van der Waals surface area contributed by atoms with Gasteiger partial charge in [-0.25, -0.2) is 0 Å². The molecule has 104 valence electrons. The highest BCUT2D eigenvalue weighted by Gasteiger charge is 2.26. The van der Waals surface area contributed by atoms with Crippen molar-refractivity contribution in [3.63, 3.8) is 0 Å². The van der Waals surface area contributed by atoms with Crippen LogP contribution in [0.15, 0.2) is 12.3 Å². The molecule has 0 fully saturated rings. The van der Waals surface area contributed by atoms with Crippen LogP contribution in [0.25, 0.3) is 0 Å². The van der Waals surface area contributed by atoms with E-state index in [1.54, 1.807) is 0 Å². The second-order valence-corrected chi connectivity index (χ2v) is 3.89. The van der Waals surface area contributed by atoms with Crippen molar-refractivity contribution in [1.29, 1.82) is 0 Å². The molecule has 0 radical (unpaired) electrons. The van der Waals surface area contributed by atoms with Crippen molar-refractivity contribution in [2.75, 3.05) is 19.8 Å². The third-order valence-electron chi connectivity index (χ3n) is 2.73. The topological polar surface area (TPSA) is 48.3 Å². The Balaban J connectivity index is 2.91. The van der Waals surface area contributed by atoms with Gasteiger partial charge >= 0.3 is 0 Å². The van der Waals surface area contributed by atoms with E-state index in [0.29, 0.717) is 13.2 Å². The molecule has 0 aliphatic rings. The predicted octanol–water partition coefficient (Wildman–Crippen LogP) is 1.95. The van der Waals surface area contributed by atoms with Gasteiger partial charge in [-0.05, 0) is 33.4 Å². The summed E-state index contributed by atoms with van der Waals surface area (Å²) in [6.45, 7) is 11.1. The molecule has 1 rings (SSSR count). The summed E-state index contributed by atoms with van der Waals surface area (Å²) in [5.74, 6) is 0. The molecule has 5 nitrogen and oxygen atoms in total. The van der Waals surface area contributed by atoms with Crippen LogP contribution in [0.5, 0.6) is 0 Å². The van der Waals surface area contributed by atoms with E-state index in [4.69, 9.17) is 9.47 Å². The summed E-state index contributed by atoms with van der Waals surface area (Å²) in [7, 11) is 0. The molecule has 1 N–H and O–H groups in total. The molecule has 0 aromatic carbocycles. The SMILES string of the molecule is CCNC(c1ccnn1CC)C(OCC)OCC. The third-order valence-corrected chi connectivity index (χ3v) is 2.73. The van der Waals surface area contributed by atoms with Crippen molar-refractivity contribution in [3.8, 4) is 0 Å². The Hall–Kier alpha value is -0.910. The smallest absolute Gasteiger partial charge is 0.178 e. The molecule has 5 heteroatoms. The van der Waals surface area contributed by atoms with Crippen LogP contribution < -0.4 is 5.32 Å². The molecule has 18 heavy (non-hydrogen) atoms. The number of ether oxygens (including phenoxy) is 2. The van der Waals surface area contributed by atoms with E-state index in [1.165, 1.54) is 0 Å². The van der Waals surface area contributed by atoms with Gasteiger partial charge in [-0.3, -0.25) is 4.68 Å². The fourth-order valence-corrected chi connectivity index (χ4v) is 2.00. The summed E-state index contributed by atoms with van der Waals surface area (Å²) >= 11 is 0. The Morgan fingerprint density at radius 2 is 1.89 bits per heavy atom. The normalized spacial score (nSPS) is 13.2. The summed E-state index contributed by atoms with van der Waals surface area (Å²) in [6.07, 6.45) is 1.54. The van der Waals surface area contributed by atoms with Gasteiger partial charge in [0.2, 0.25) is 0 Å². The van der Waals surface area contributed by atoms with E-state index in [-0.39, 0.29) is 12.3 Å². The number of likely N-dealkylation sites (N-methyl/N-ethyl adjacent to an activating group) is 1. The summed E-state index contributed by atoms with van der Waals surface area (Å²) in [5.41, 5.74) is 1.10. The lowest BCUT2D eigenvalue weighted by atomic mass is 10.2. The van der Waals surface area contributed by atoms with Crippen molar-refractivity contribution in [1.82, 2.24) is 15.1 Å². The van der Waals surface area contributed by atoms with Crippen LogP contribution in [0.1, 0.15) is 39.4 Å². The molecule has 1 aromatic heterocycles. The second-order valence-electron chi connectivity index (χ2n) is 3.89. The van der Waals surface area contributed by atoms with Gasteiger partial charge in [-0.15, -0.1) is 0 Å². The summed E-state index contributed by atoms with van der Waals surface area (Å²) < 4.78 is 13.4. The molecule has 0 aliphatic carbocycles. The Morgan fingerprint density at radius 3 is 2.39 bits per heavy atom. The molecule has 1 unspecified atom stereocenters. The van der Waals surface area contributed by atoms with Crippen LogP contribution in [0, 0.1) is 0 Å². The lowest BCUT2D eigenvalue weighted by molar-refractivity contribution is -0.156. The first-order valence-corrected chi connectivity index (χ1v) is 6.76. The summed E-state index contributed by atoms with van der Waals surface area (Å²) in [5, 5.41) is 7.72. The summed E-state index contributed by atoms with van der Waals surface area (Å²) in [4.78, 5) is 0. The quantitative estimate of drug-likeness (QED) is 0.685. The maximum Gasteiger partial charge on any atom is 0.178 e. The van der Waals surface area contributed by atoms with Gasteiger partial charge in [-0.1, -0.05) is 6.92 Å². The fraction of sp³-hybridized carbons (Fsp3) is 0.769. The van der Waals surface area contributed by atoms with E-state index in [2.05, 4.69) is 24.3 Å². The van der Waals surface area contributed by atoms with Crippen LogP contribution in [0.4, 0.5) is 0 Å². The van der Waals surface area contributed by atoms with Crippen LogP contribution in [-0.4, -0.2) is 35.8 Å². The van der Waals surface area contributed by atoms with Crippen LogP contribution in [-0.2, 0) is 16.0 Å². The van der Waals surface area contributed by atoms with Gasteiger partial charge in [0.05, 0.1) is 5.69 Å². The maximum absolute atomic E-state index is 5.69. The van der Waals surface area contributed by atoms with Crippen molar-refractivity contribution >= 4 is 0 Å². The highest BCUT2D eigenvalue weighted by Crippen LogP contribution is 2.20. The first kappa shape index (κ1) is 15.1. The Bertz CT molecular complexity index is 322. The molecular formula is C13H25N3O2. The maximum atomic E-state index is 5.69. The number of aromatic nitrogens is 2. The Morgan fingerprint density at radius 1 is 1.22 bits per heavy atom. The number of hydrogen-bond acceptors (Lipinski definition) is 4. The molecule has 1 aromatic rings. The van der Waals surface area contributed by atoms with Gasteiger partial charge in [0, 0.05) is 26.0 Å². The first-order valence-electron chi connectivity index (χ1n) is 6.76. The second kappa shape index (κ2) is 8.24. The van der Waals surface area contributed by atoms with E-state index in [9.17, 15) is 0 Å². The van der Waals surface area contributed by atoms with Crippen LogP contribution in [0.3, 0.4) is 0 Å². The van der Waals surface area contributed by atoms with Crippen molar-refractivity contribution in [3.05, 3.63) is 18.0 Å². The van der Waals surface area contributed by atoms with Gasteiger partial charge in [0.15, 0.2) is 6.29 Å². The largest absolute Gasteiger partial charge is 0.351 e. The molecule has 0 amide bonds. The minimum atomic E-state index is -0.276. The van der Waals surface area contributed by atoms with Gasteiger partial charge in [0.1, 0.15) is 6.04 Å². The number of aryl methyl sites for hydroxylation is 1. The molecule has 0 saturated heterocycles. The number of nitrogens with one attached hydrogen (secondary N) is 1. The number of nitrogens with zero attached hydrogens (tertiary/aromatic N) is 2. The molecule has 0 saturated carbocycles. The Labute approximate surface area is 109 Å². The molecular weight excluding hydrogens is 230 g/mol. The Kier molecular flexibility index (Phi) is 6.93. The zero-order valence-electron chi connectivity index (χ0n) is 11.8. The lowest BCUT2D eigenvalue weighted by Gasteiger charge is -2.27. The highest BCUT2D eigenvalue weighted by molar-refractivity contribution is 5.08. The van der Waals surface area contributed by atoms with Crippen LogP contribution in [0.2, 0.25) is 0 Å². The molecule has 0 spiro atoms. The first-order chi connectivity index (χ1) is 8.78.